The molecule has 1 heteroatoms. The lowest BCUT2D eigenvalue weighted by Gasteiger charge is -2.10. The maximum atomic E-state index is 5.78. The summed E-state index contributed by atoms with van der Waals surface area (Å²) in [5, 5.41) is 2.53. The van der Waals surface area contributed by atoms with E-state index < -0.39 is 0 Å². The first kappa shape index (κ1) is 12.0. The Morgan fingerprint density at radius 2 is 2.00 bits per heavy atom. The molecule has 1 nitrogen and oxygen atoms in total. The summed E-state index contributed by atoms with van der Waals surface area (Å²) in [7, 11) is 0. The van der Waals surface area contributed by atoms with Crippen LogP contribution in [0.2, 0.25) is 0 Å². The lowest BCUT2D eigenvalue weighted by atomic mass is 10.0. The minimum absolute atomic E-state index is 0.804. The van der Waals surface area contributed by atoms with Gasteiger partial charge in [-0.1, -0.05) is 44.5 Å². The third-order valence-electron chi connectivity index (χ3n) is 2.94. The largest absolute Gasteiger partial charge is 0.494 e. The Kier molecular flexibility index (Phi) is 4.03. The van der Waals surface area contributed by atoms with Crippen molar-refractivity contribution in [1.82, 2.24) is 0 Å². The molecule has 0 aliphatic heterocycles. The smallest absolute Gasteiger partial charge is 0.120 e. The number of fused-ring (bicyclic) bond motifs is 1. The van der Waals surface area contributed by atoms with E-state index in [1.165, 1.54) is 22.8 Å². The van der Waals surface area contributed by atoms with Gasteiger partial charge in [0, 0.05) is 0 Å². The van der Waals surface area contributed by atoms with Crippen LogP contribution in [0.15, 0.2) is 36.4 Å². The molecule has 0 saturated carbocycles. The van der Waals surface area contributed by atoms with Gasteiger partial charge in [-0.25, -0.2) is 0 Å². The van der Waals surface area contributed by atoms with E-state index in [0.717, 1.165) is 18.8 Å². The molecular formula is C16H19O. The molecule has 0 atom stereocenters. The Hall–Kier alpha value is -1.50. The molecule has 0 unspecified atom stereocenters. The van der Waals surface area contributed by atoms with Crippen LogP contribution < -0.4 is 4.74 Å². The maximum absolute atomic E-state index is 5.78. The van der Waals surface area contributed by atoms with Crippen LogP contribution >= 0.6 is 0 Å². The summed E-state index contributed by atoms with van der Waals surface area (Å²) < 4.78 is 5.78. The average molecular weight is 227 g/mol. The number of hydrogen-bond acceptors (Lipinski definition) is 1. The van der Waals surface area contributed by atoms with Crippen molar-refractivity contribution in [2.45, 2.75) is 26.7 Å². The second-order valence-corrected chi connectivity index (χ2v) is 4.22. The van der Waals surface area contributed by atoms with Gasteiger partial charge in [0.25, 0.3) is 0 Å². The zero-order valence-electron chi connectivity index (χ0n) is 10.6. The van der Waals surface area contributed by atoms with E-state index in [2.05, 4.69) is 56.7 Å². The highest BCUT2D eigenvalue weighted by Gasteiger charge is 2.03. The summed E-state index contributed by atoms with van der Waals surface area (Å²) in [6, 6.07) is 12.7. The highest BCUT2D eigenvalue weighted by molar-refractivity contribution is 5.88. The van der Waals surface area contributed by atoms with E-state index in [4.69, 9.17) is 4.74 Å². The summed E-state index contributed by atoms with van der Waals surface area (Å²) in [6.45, 7) is 5.05. The highest BCUT2D eigenvalue weighted by Crippen LogP contribution is 2.26. The van der Waals surface area contributed by atoms with Crippen LogP contribution in [0.25, 0.3) is 10.8 Å². The monoisotopic (exact) mass is 227 g/mol. The summed E-state index contributed by atoms with van der Waals surface area (Å²) in [6.07, 6.45) is 4.41. The first-order valence-corrected chi connectivity index (χ1v) is 6.30. The van der Waals surface area contributed by atoms with Gasteiger partial charge in [-0.15, -0.1) is 0 Å². The molecule has 0 bridgehead atoms. The van der Waals surface area contributed by atoms with Crippen LogP contribution in [0.5, 0.6) is 5.75 Å². The molecule has 2 aromatic carbocycles. The number of benzene rings is 2. The summed E-state index contributed by atoms with van der Waals surface area (Å²) in [4.78, 5) is 0. The zero-order chi connectivity index (χ0) is 12.1. The third kappa shape index (κ3) is 2.79. The lowest BCUT2D eigenvalue weighted by molar-refractivity contribution is 0.309. The fourth-order valence-electron chi connectivity index (χ4n) is 1.97. The topological polar surface area (TPSA) is 9.23 Å². The molecule has 0 fully saturated rings. The van der Waals surface area contributed by atoms with Crippen molar-refractivity contribution < 1.29 is 4.74 Å². The predicted molar refractivity (Wildman–Crippen MR) is 73.4 cm³/mol. The maximum Gasteiger partial charge on any atom is 0.120 e. The van der Waals surface area contributed by atoms with Gasteiger partial charge in [0.1, 0.15) is 5.75 Å². The highest BCUT2D eigenvalue weighted by atomic mass is 16.5. The zero-order valence-corrected chi connectivity index (χ0v) is 10.6. The second kappa shape index (κ2) is 5.72. The van der Waals surface area contributed by atoms with Gasteiger partial charge < -0.3 is 4.74 Å². The Labute approximate surface area is 103 Å². The van der Waals surface area contributed by atoms with Crippen LogP contribution in [-0.2, 0) is 0 Å². The van der Waals surface area contributed by atoms with Gasteiger partial charge in [-0.2, -0.15) is 0 Å². The third-order valence-corrected chi connectivity index (χ3v) is 2.94. The molecule has 0 aliphatic carbocycles. The van der Waals surface area contributed by atoms with Crippen molar-refractivity contribution in [3.63, 3.8) is 0 Å². The van der Waals surface area contributed by atoms with Crippen LogP contribution in [0, 0.1) is 6.42 Å². The molecule has 0 aromatic heterocycles. The van der Waals surface area contributed by atoms with E-state index in [-0.39, 0.29) is 0 Å². The number of rotatable bonds is 5. The summed E-state index contributed by atoms with van der Waals surface area (Å²) in [5.41, 5.74) is 1.24. The van der Waals surface area contributed by atoms with Gasteiger partial charge in [0.2, 0.25) is 0 Å². The normalized spacial score (nSPS) is 10.7. The van der Waals surface area contributed by atoms with Crippen molar-refractivity contribution in [3.05, 3.63) is 48.4 Å². The molecule has 0 amide bonds. The van der Waals surface area contributed by atoms with E-state index in [9.17, 15) is 0 Å². The molecule has 0 aliphatic rings. The van der Waals surface area contributed by atoms with Crippen molar-refractivity contribution >= 4 is 10.8 Å². The van der Waals surface area contributed by atoms with E-state index >= 15 is 0 Å². The minimum atomic E-state index is 0.804. The molecule has 2 rings (SSSR count). The molecule has 2 aromatic rings. The molecule has 1 radical (unpaired) electrons. The quantitative estimate of drug-likeness (QED) is 0.679. The Bertz CT molecular complexity index is 488. The SMILES string of the molecule is C[CH]c1cc(OCCCC)cc2ccccc12. The molecule has 89 valence electrons. The van der Waals surface area contributed by atoms with Crippen molar-refractivity contribution in [2.24, 2.45) is 0 Å². The second-order valence-electron chi connectivity index (χ2n) is 4.22. The van der Waals surface area contributed by atoms with Crippen molar-refractivity contribution in [2.75, 3.05) is 6.61 Å². The fourth-order valence-corrected chi connectivity index (χ4v) is 1.97. The van der Waals surface area contributed by atoms with Gasteiger partial charge in [0.05, 0.1) is 6.61 Å². The Morgan fingerprint density at radius 1 is 1.18 bits per heavy atom. The Balaban J connectivity index is 2.32. The number of unbranched alkanes of at least 4 members (excludes halogenated alkanes) is 1. The van der Waals surface area contributed by atoms with E-state index in [0.29, 0.717) is 0 Å². The summed E-state index contributed by atoms with van der Waals surface area (Å²) in [5.74, 6) is 0.977. The van der Waals surface area contributed by atoms with Crippen molar-refractivity contribution in [3.8, 4) is 5.75 Å². The van der Waals surface area contributed by atoms with Crippen LogP contribution in [-0.4, -0.2) is 6.61 Å². The average Bonchev–Trinajstić information content (AvgIpc) is 2.38. The van der Waals surface area contributed by atoms with Gasteiger partial charge in [0.15, 0.2) is 0 Å². The van der Waals surface area contributed by atoms with E-state index in [1.54, 1.807) is 0 Å². The van der Waals surface area contributed by atoms with Gasteiger partial charge in [-0.3, -0.25) is 0 Å². The fraction of sp³-hybridized carbons (Fsp3) is 0.312. The summed E-state index contributed by atoms with van der Waals surface area (Å²) >= 11 is 0. The molecule has 0 spiro atoms. The van der Waals surface area contributed by atoms with Gasteiger partial charge in [-0.05, 0) is 41.3 Å². The number of hydrogen-bond donors (Lipinski definition) is 0. The standard InChI is InChI=1S/C16H19O/c1-3-5-10-17-15-11-13(4-2)16-9-7-6-8-14(16)12-15/h4,6-9,11-12H,3,5,10H2,1-2H3. The van der Waals surface area contributed by atoms with Crippen LogP contribution in [0.3, 0.4) is 0 Å². The predicted octanol–water partition coefficient (Wildman–Crippen LogP) is 4.59. The van der Waals surface area contributed by atoms with Crippen LogP contribution in [0.1, 0.15) is 32.3 Å². The first-order chi connectivity index (χ1) is 8.35. The minimum Gasteiger partial charge on any atom is -0.494 e. The van der Waals surface area contributed by atoms with Gasteiger partial charge >= 0.3 is 0 Å². The molecule has 17 heavy (non-hydrogen) atoms. The molecule has 0 saturated heterocycles. The van der Waals surface area contributed by atoms with E-state index in [1.807, 2.05) is 0 Å². The van der Waals surface area contributed by atoms with Crippen molar-refractivity contribution in [1.29, 1.82) is 0 Å². The molecular weight excluding hydrogens is 208 g/mol. The molecule has 0 heterocycles. The first-order valence-electron chi connectivity index (χ1n) is 6.30. The number of ether oxygens (including phenoxy) is 1. The van der Waals surface area contributed by atoms with Crippen LogP contribution in [0.4, 0.5) is 0 Å². The molecule has 0 N–H and O–H groups in total. The lowest BCUT2D eigenvalue weighted by Crippen LogP contribution is -1.97. The Morgan fingerprint density at radius 3 is 2.76 bits per heavy atom.